The molecule has 5 N–H and O–H groups in total. The lowest BCUT2D eigenvalue weighted by Crippen LogP contribution is -2.55. The number of carbonyl (C=O) groups is 1. The number of hydrogen-bond donors (Lipinski definition) is 5. The van der Waals surface area contributed by atoms with Crippen molar-refractivity contribution in [2.24, 2.45) is 5.92 Å². The average molecular weight is 548 g/mol. The van der Waals surface area contributed by atoms with Gasteiger partial charge >= 0.3 is 0 Å². The fourth-order valence-corrected chi connectivity index (χ4v) is 5.68. The van der Waals surface area contributed by atoms with Crippen molar-refractivity contribution in [3.8, 4) is 5.75 Å². The minimum absolute atomic E-state index is 0.0227. The third kappa shape index (κ3) is 5.90. The Morgan fingerprint density at radius 3 is 2.46 bits per heavy atom. The number of aliphatic hydroxyl groups excluding tert-OH is 3. The van der Waals surface area contributed by atoms with Gasteiger partial charge in [-0.25, -0.2) is 23.0 Å². The molecule has 0 bridgehead atoms. The maximum Gasteiger partial charge on any atom is 0.262 e. The van der Waals surface area contributed by atoms with E-state index in [2.05, 4.69) is 10.3 Å². The topological polar surface area (TPSA) is 197 Å². The SMILES string of the molecule is COc1ccc(S(=O)(=O)N(Cc2cn(C3O[C@H](CO)[C@@H](O)[C@H](O)[C@H]3F)nn2)[C@@H](C(=O)NO)C(C)C)cc1. The molecule has 37 heavy (non-hydrogen) atoms. The molecule has 6 atom stereocenters. The monoisotopic (exact) mass is 547 g/mol. The summed E-state index contributed by atoms with van der Waals surface area (Å²) in [5, 5.41) is 46.1. The molecule has 1 amide bonds. The van der Waals surface area contributed by atoms with E-state index in [0.717, 1.165) is 15.2 Å². The van der Waals surface area contributed by atoms with Crippen molar-refractivity contribution < 1.29 is 47.6 Å². The van der Waals surface area contributed by atoms with E-state index in [-0.39, 0.29) is 10.6 Å². The van der Waals surface area contributed by atoms with Crippen molar-refractivity contribution in [1.29, 1.82) is 0 Å². The summed E-state index contributed by atoms with van der Waals surface area (Å²) in [5.74, 6) is -1.18. The van der Waals surface area contributed by atoms with Crippen molar-refractivity contribution in [3.05, 3.63) is 36.2 Å². The van der Waals surface area contributed by atoms with E-state index in [9.17, 15) is 38.1 Å². The van der Waals surface area contributed by atoms with E-state index in [1.54, 1.807) is 13.8 Å². The van der Waals surface area contributed by atoms with E-state index >= 15 is 0 Å². The van der Waals surface area contributed by atoms with Gasteiger partial charge in [0.25, 0.3) is 5.91 Å². The average Bonchev–Trinajstić information content (AvgIpc) is 3.35. The van der Waals surface area contributed by atoms with Crippen LogP contribution in [0.2, 0.25) is 0 Å². The van der Waals surface area contributed by atoms with Crippen molar-refractivity contribution in [2.75, 3.05) is 13.7 Å². The van der Waals surface area contributed by atoms with E-state index < -0.39 is 71.8 Å². The van der Waals surface area contributed by atoms with Crippen LogP contribution in [0.15, 0.2) is 35.4 Å². The van der Waals surface area contributed by atoms with Gasteiger partial charge < -0.3 is 24.8 Å². The Morgan fingerprint density at radius 1 is 1.27 bits per heavy atom. The lowest BCUT2D eigenvalue weighted by atomic mass is 9.99. The number of sulfonamides is 1. The van der Waals surface area contributed by atoms with Gasteiger partial charge in [-0.2, -0.15) is 4.31 Å². The number of carbonyl (C=O) groups excluding carboxylic acids is 1. The maximum absolute atomic E-state index is 14.7. The van der Waals surface area contributed by atoms with Crippen LogP contribution < -0.4 is 10.2 Å². The van der Waals surface area contributed by atoms with Gasteiger partial charge in [-0.1, -0.05) is 19.1 Å². The Bertz CT molecular complexity index is 1160. The first-order valence-corrected chi connectivity index (χ1v) is 12.7. The molecule has 1 fully saturated rings. The van der Waals surface area contributed by atoms with E-state index in [1.807, 2.05) is 0 Å². The Balaban J connectivity index is 1.98. The smallest absolute Gasteiger partial charge is 0.262 e. The standard InChI is InChI=1S/C21H30FN5O9S/c1-11(2)17(20(31)24-32)27(37(33,34)14-6-4-13(35-3)5-7-14)9-12-8-26(25-23-12)21-16(22)19(30)18(29)15(10-28)36-21/h4-8,11,15-19,21,28-30,32H,9-10H2,1-3H3,(H,24,31)/t15-,16-,17-,18-,19-,21?/m1/s1. The summed E-state index contributed by atoms with van der Waals surface area (Å²) >= 11 is 0. The summed E-state index contributed by atoms with van der Waals surface area (Å²) < 4.78 is 54.0. The second-order valence-corrected chi connectivity index (χ2v) is 10.6. The number of aromatic nitrogens is 3. The summed E-state index contributed by atoms with van der Waals surface area (Å²) in [6.45, 7) is 1.95. The Hall–Kier alpha value is -2.73. The van der Waals surface area contributed by atoms with Crippen LogP contribution in [0.4, 0.5) is 4.39 Å². The van der Waals surface area contributed by atoms with Crippen LogP contribution in [0.5, 0.6) is 5.75 Å². The number of amides is 1. The Morgan fingerprint density at radius 2 is 1.92 bits per heavy atom. The van der Waals surface area contributed by atoms with Gasteiger partial charge in [0.1, 0.15) is 30.1 Å². The van der Waals surface area contributed by atoms with Gasteiger partial charge in [0.05, 0.1) is 37.0 Å². The Labute approximate surface area is 212 Å². The minimum Gasteiger partial charge on any atom is -0.497 e. The summed E-state index contributed by atoms with van der Waals surface area (Å²) in [6.07, 6.45) is -7.42. The van der Waals surface area contributed by atoms with Crippen LogP contribution in [0.25, 0.3) is 0 Å². The van der Waals surface area contributed by atoms with Crippen LogP contribution in [0.3, 0.4) is 0 Å². The fourth-order valence-electron chi connectivity index (χ4n) is 3.99. The maximum atomic E-state index is 14.7. The predicted octanol–water partition coefficient (Wildman–Crippen LogP) is -1.04. The van der Waals surface area contributed by atoms with Crippen molar-refractivity contribution in [2.45, 2.75) is 62.0 Å². The highest BCUT2D eigenvalue weighted by Crippen LogP contribution is 2.31. The number of hydroxylamine groups is 1. The molecular formula is C21H30FN5O9S. The van der Waals surface area contributed by atoms with Gasteiger partial charge in [0.15, 0.2) is 12.4 Å². The van der Waals surface area contributed by atoms with Crippen LogP contribution >= 0.6 is 0 Å². The number of alkyl halides is 1. The number of halogens is 1. The third-order valence-electron chi connectivity index (χ3n) is 5.95. The molecule has 1 aromatic heterocycles. The molecule has 0 aliphatic carbocycles. The van der Waals surface area contributed by atoms with Crippen molar-refractivity contribution in [3.63, 3.8) is 0 Å². The molecule has 206 valence electrons. The van der Waals surface area contributed by atoms with Gasteiger partial charge in [-0.3, -0.25) is 10.0 Å². The molecule has 0 spiro atoms. The molecule has 1 aromatic carbocycles. The van der Waals surface area contributed by atoms with Crippen molar-refractivity contribution >= 4 is 15.9 Å². The number of aliphatic hydroxyl groups is 3. The largest absolute Gasteiger partial charge is 0.497 e. The zero-order valence-electron chi connectivity index (χ0n) is 20.2. The first-order chi connectivity index (χ1) is 17.5. The van der Waals surface area contributed by atoms with Gasteiger partial charge in [0.2, 0.25) is 10.0 Å². The van der Waals surface area contributed by atoms with Crippen LogP contribution in [-0.2, 0) is 26.1 Å². The Kier molecular flexibility index (Phi) is 9.17. The highest BCUT2D eigenvalue weighted by molar-refractivity contribution is 7.89. The first-order valence-electron chi connectivity index (χ1n) is 11.2. The third-order valence-corrected chi connectivity index (χ3v) is 7.79. The molecule has 2 heterocycles. The number of benzene rings is 1. The zero-order valence-corrected chi connectivity index (χ0v) is 21.1. The molecule has 2 aromatic rings. The normalized spacial score (nSPS) is 25.3. The molecule has 1 unspecified atom stereocenters. The number of rotatable bonds is 10. The zero-order chi connectivity index (χ0) is 27.5. The van der Waals surface area contributed by atoms with Crippen LogP contribution in [-0.4, -0.2) is 98.4 Å². The summed E-state index contributed by atoms with van der Waals surface area (Å²) in [7, 11) is -2.94. The van der Waals surface area contributed by atoms with Crippen molar-refractivity contribution in [1.82, 2.24) is 24.8 Å². The summed E-state index contributed by atoms with van der Waals surface area (Å²) in [4.78, 5) is 12.4. The number of nitrogens with zero attached hydrogens (tertiary/aromatic N) is 4. The van der Waals surface area contributed by atoms with Crippen LogP contribution in [0.1, 0.15) is 25.8 Å². The molecule has 1 aliphatic rings. The fraction of sp³-hybridized carbons (Fsp3) is 0.571. The number of nitrogens with one attached hydrogen (secondary N) is 1. The quantitative estimate of drug-likeness (QED) is 0.180. The predicted molar refractivity (Wildman–Crippen MR) is 122 cm³/mol. The minimum atomic E-state index is -4.36. The lowest BCUT2D eigenvalue weighted by molar-refractivity contribution is -0.237. The lowest BCUT2D eigenvalue weighted by Gasteiger charge is -2.38. The van der Waals surface area contributed by atoms with E-state index in [0.29, 0.717) is 5.75 Å². The molecule has 3 rings (SSSR count). The number of hydrogen-bond acceptors (Lipinski definition) is 11. The van der Waals surface area contributed by atoms with Gasteiger partial charge in [-0.15, -0.1) is 5.10 Å². The molecule has 0 saturated carbocycles. The molecule has 14 nitrogen and oxygen atoms in total. The first kappa shape index (κ1) is 28.8. The number of ether oxygens (including phenoxy) is 2. The summed E-state index contributed by atoms with van der Waals surface area (Å²) in [6, 6.07) is 4.06. The van der Waals surface area contributed by atoms with Gasteiger partial charge in [0, 0.05) is 0 Å². The molecule has 1 aliphatic heterocycles. The van der Waals surface area contributed by atoms with E-state index in [1.165, 1.54) is 36.9 Å². The second kappa shape index (κ2) is 11.8. The highest BCUT2D eigenvalue weighted by atomic mass is 32.2. The summed E-state index contributed by atoms with van der Waals surface area (Å²) in [5.41, 5.74) is 1.46. The van der Waals surface area contributed by atoms with E-state index in [4.69, 9.17) is 9.47 Å². The highest BCUT2D eigenvalue weighted by Gasteiger charge is 2.46. The molecule has 0 radical (unpaired) electrons. The second-order valence-electron chi connectivity index (χ2n) is 8.75. The van der Waals surface area contributed by atoms with Gasteiger partial charge in [-0.05, 0) is 30.2 Å². The molecule has 1 saturated heterocycles. The molecular weight excluding hydrogens is 517 g/mol. The number of methoxy groups -OCH3 is 1. The van der Waals surface area contributed by atoms with Crippen LogP contribution in [0, 0.1) is 5.92 Å². The molecule has 16 heteroatoms.